The van der Waals surface area contributed by atoms with Gasteiger partial charge in [-0.2, -0.15) is 0 Å². The smallest absolute Gasteiger partial charge is 0.262 e. The molecule has 6 nitrogen and oxygen atoms in total. The van der Waals surface area contributed by atoms with Crippen molar-refractivity contribution in [3.05, 3.63) is 46.2 Å². The molecule has 26 heavy (non-hydrogen) atoms. The van der Waals surface area contributed by atoms with E-state index in [1.165, 1.54) is 11.3 Å². The molecule has 0 fully saturated rings. The third kappa shape index (κ3) is 4.76. The van der Waals surface area contributed by atoms with Gasteiger partial charge in [0.25, 0.3) is 5.91 Å². The van der Waals surface area contributed by atoms with Crippen molar-refractivity contribution in [1.29, 1.82) is 0 Å². The van der Waals surface area contributed by atoms with E-state index in [-0.39, 0.29) is 11.8 Å². The third-order valence-corrected chi connectivity index (χ3v) is 4.77. The highest BCUT2D eigenvalue weighted by Crippen LogP contribution is 2.30. The molecule has 1 aromatic heterocycles. The van der Waals surface area contributed by atoms with Gasteiger partial charge in [0.2, 0.25) is 5.91 Å². The number of benzene rings is 1. The van der Waals surface area contributed by atoms with Gasteiger partial charge in [0.05, 0.1) is 19.1 Å². The first kappa shape index (κ1) is 19.8. The van der Waals surface area contributed by atoms with Crippen LogP contribution in [0.25, 0.3) is 0 Å². The van der Waals surface area contributed by atoms with Gasteiger partial charge in [0, 0.05) is 6.54 Å². The summed E-state index contributed by atoms with van der Waals surface area (Å²) >= 11 is 1.34. The maximum absolute atomic E-state index is 12.5. The Kier molecular flexibility index (Phi) is 6.63. The molecular formula is C19H24N2O4S. The van der Waals surface area contributed by atoms with Crippen LogP contribution in [0.3, 0.4) is 0 Å². The maximum Gasteiger partial charge on any atom is 0.262 e. The Morgan fingerprint density at radius 2 is 1.88 bits per heavy atom. The molecule has 2 aromatic rings. The van der Waals surface area contributed by atoms with Crippen LogP contribution in [0.1, 0.15) is 29.1 Å². The number of amides is 2. The lowest BCUT2D eigenvalue weighted by Crippen LogP contribution is -2.54. The minimum atomic E-state index is -1.01. The number of para-hydroxylation sites is 1. The second-order valence-corrected chi connectivity index (χ2v) is 7.16. The molecule has 2 amide bonds. The fourth-order valence-electron chi connectivity index (χ4n) is 2.49. The molecule has 0 saturated carbocycles. The minimum absolute atomic E-state index is 0.246. The molecule has 7 heteroatoms. The summed E-state index contributed by atoms with van der Waals surface area (Å²) in [5.74, 6) is 0.813. The molecule has 0 aliphatic carbocycles. The van der Waals surface area contributed by atoms with Crippen LogP contribution in [0, 0.1) is 0 Å². The predicted molar refractivity (Wildman–Crippen MR) is 102 cm³/mol. The summed E-state index contributed by atoms with van der Waals surface area (Å²) < 4.78 is 10.7. The van der Waals surface area contributed by atoms with Crippen LogP contribution in [0.5, 0.6) is 11.5 Å². The summed E-state index contributed by atoms with van der Waals surface area (Å²) in [5, 5.41) is 7.45. The second kappa shape index (κ2) is 8.71. The van der Waals surface area contributed by atoms with E-state index >= 15 is 0 Å². The SMILES string of the molecule is COc1cccc(CCNC(=O)C(C)(C)NC(=O)c2cccs2)c1OC. The molecule has 0 spiro atoms. The number of hydrogen-bond acceptors (Lipinski definition) is 5. The van der Waals surface area contributed by atoms with Crippen molar-refractivity contribution in [3.8, 4) is 11.5 Å². The first-order valence-electron chi connectivity index (χ1n) is 8.23. The average Bonchev–Trinajstić information content (AvgIpc) is 3.15. The lowest BCUT2D eigenvalue weighted by Gasteiger charge is -2.25. The van der Waals surface area contributed by atoms with Crippen molar-refractivity contribution in [2.24, 2.45) is 0 Å². The summed E-state index contributed by atoms with van der Waals surface area (Å²) in [6, 6.07) is 9.16. The molecule has 0 unspecified atom stereocenters. The van der Waals surface area contributed by atoms with E-state index in [9.17, 15) is 9.59 Å². The number of thiophene rings is 1. The monoisotopic (exact) mass is 376 g/mol. The van der Waals surface area contributed by atoms with Crippen LogP contribution in [-0.2, 0) is 11.2 Å². The molecule has 2 rings (SSSR count). The Bertz CT molecular complexity index is 757. The van der Waals surface area contributed by atoms with Gasteiger partial charge in [-0.15, -0.1) is 11.3 Å². The van der Waals surface area contributed by atoms with Gasteiger partial charge >= 0.3 is 0 Å². The van der Waals surface area contributed by atoms with Gasteiger partial charge < -0.3 is 20.1 Å². The number of methoxy groups -OCH3 is 2. The largest absolute Gasteiger partial charge is 0.493 e. The fourth-order valence-corrected chi connectivity index (χ4v) is 3.11. The van der Waals surface area contributed by atoms with Gasteiger partial charge in [0.15, 0.2) is 11.5 Å². The Labute approximate surface area is 157 Å². The molecule has 0 bridgehead atoms. The normalized spacial score (nSPS) is 10.9. The summed E-state index contributed by atoms with van der Waals surface area (Å²) in [6.07, 6.45) is 0.584. The van der Waals surface area contributed by atoms with Gasteiger partial charge in [-0.25, -0.2) is 0 Å². The van der Waals surface area contributed by atoms with Gasteiger partial charge in [0.1, 0.15) is 5.54 Å². The van der Waals surface area contributed by atoms with Crippen molar-refractivity contribution in [3.63, 3.8) is 0 Å². The van der Waals surface area contributed by atoms with E-state index < -0.39 is 5.54 Å². The topological polar surface area (TPSA) is 76.7 Å². The highest BCUT2D eigenvalue weighted by molar-refractivity contribution is 7.12. The molecule has 0 atom stereocenters. The lowest BCUT2D eigenvalue weighted by molar-refractivity contribution is -0.126. The molecule has 1 heterocycles. The number of ether oxygens (including phenoxy) is 2. The molecule has 0 aliphatic heterocycles. The predicted octanol–water partition coefficient (Wildman–Crippen LogP) is 2.63. The molecule has 0 saturated heterocycles. The van der Waals surface area contributed by atoms with E-state index in [0.29, 0.717) is 29.3 Å². The van der Waals surface area contributed by atoms with Gasteiger partial charge in [-0.3, -0.25) is 9.59 Å². The zero-order valence-electron chi connectivity index (χ0n) is 15.4. The van der Waals surface area contributed by atoms with Crippen LogP contribution in [0.4, 0.5) is 0 Å². The molecule has 2 N–H and O–H groups in total. The van der Waals surface area contributed by atoms with Crippen LogP contribution in [0.15, 0.2) is 35.7 Å². The Morgan fingerprint density at radius 3 is 2.50 bits per heavy atom. The van der Waals surface area contributed by atoms with Crippen molar-refractivity contribution in [2.75, 3.05) is 20.8 Å². The van der Waals surface area contributed by atoms with E-state index in [4.69, 9.17) is 9.47 Å². The number of hydrogen-bond donors (Lipinski definition) is 2. The van der Waals surface area contributed by atoms with Crippen molar-refractivity contribution >= 4 is 23.2 Å². The third-order valence-electron chi connectivity index (χ3n) is 3.90. The molecule has 0 aliphatic rings. The average molecular weight is 376 g/mol. The van der Waals surface area contributed by atoms with E-state index in [0.717, 1.165) is 5.56 Å². The maximum atomic E-state index is 12.5. The van der Waals surface area contributed by atoms with Crippen LogP contribution >= 0.6 is 11.3 Å². The van der Waals surface area contributed by atoms with E-state index in [2.05, 4.69) is 10.6 Å². The zero-order chi connectivity index (χ0) is 19.2. The summed E-state index contributed by atoms with van der Waals surface area (Å²) in [7, 11) is 3.17. The minimum Gasteiger partial charge on any atom is -0.493 e. The van der Waals surface area contributed by atoms with Gasteiger partial charge in [-0.05, 0) is 43.3 Å². The van der Waals surface area contributed by atoms with Crippen molar-refractivity contribution in [2.45, 2.75) is 25.8 Å². The van der Waals surface area contributed by atoms with Crippen LogP contribution < -0.4 is 20.1 Å². The lowest BCUT2D eigenvalue weighted by atomic mass is 10.0. The Morgan fingerprint density at radius 1 is 1.12 bits per heavy atom. The molecular weight excluding hydrogens is 352 g/mol. The fraction of sp³-hybridized carbons (Fsp3) is 0.368. The number of carbonyl (C=O) groups excluding carboxylic acids is 2. The highest BCUT2D eigenvalue weighted by atomic mass is 32.1. The number of nitrogens with one attached hydrogen (secondary N) is 2. The molecule has 140 valence electrons. The number of carbonyl (C=O) groups is 2. The summed E-state index contributed by atoms with van der Waals surface area (Å²) in [5.41, 5.74) is -0.0768. The standard InChI is InChI=1S/C19H24N2O4S/c1-19(2,21-17(22)15-9-6-12-26-15)18(23)20-11-10-13-7-5-8-14(24-3)16(13)25-4/h5-9,12H,10-11H2,1-4H3,(H,20,23)(H,21,22). The Hall–Kier alpha value is -2.54. The molecule has 1 aromatic carbocycles. The quantitative estimate of drug-likeness (QED) is 0.743. The Balaban J connectivity index is 1.93. The zero-order valence-corrected chi connectivity index (χ0v) is 16.2. The molecule has 0 radical (unpaired) electrons. The van der Waals surface area contributed by atoms with E-state index in [1.54, 1.807) is 40.2 Å². The van der Waals surface area contributed by atoms with Gasteiger partial charge in [-0.1, -0.05) is 18.2 Å². The van der Waals surface area contributed by atoms with Crippen molar-refractivity contribution < 1.29 is 19.1 Å². The van der Waals surface area contributed by atoms with E-state index in [1.807, 2.05) is 23.6 Å². The highest BCUT2D eigenvalue weighted by Gasteiger charge is 2.29. The summed E-state index contributed by atoms with van der Waals surface area (Å²) in [4.78, 5) is 25.2. The second-order valence-electron chi connectivity index (χ2n) is 6.21. The van der Waals surface area contributed by atoms with Crippen LogP contribution in [-0.4, -0.2) is 38.1 Å². The summed E-state index contributed by atoms with van der Waals surface area (Å²) in [6.45, 7) is 3.78. The number of rotatable bonds is 8. The van der Waals surface area contributed by atoms with Crippen LogP contribution in [0.2, 0.25) is 0 Å². The first-order valence-corrected chi connectivity index (χ1v) is 9.11. The first-order chi connectivity index (χ1) is 12.4. The van der Waals surface area contributed by atoms with Crippen molar-refractivity contribution in [1.82, 2.24) is 10.6 Å².